The Labute approximate surface area is 135 Å². The SMILES string of the molecule is COc1ccc(N2CCN(C(=O)NCCCC(=O)O)CC2)nc1. The quantitative estimate of drug-likeness (QED) is 0.752. The lowest BCUT2D eigenvalue weighted by Crippen LogP contribution is -2.52. The smallest absolute Gasteiger partial charge is 0.317 e. The van der Waals surface area contributed by atoms with Gasteiger partial charge in [0.15, 0.2) is 0 Å². The molecule has 0 saturated carbocycles. The molecule has 8 nitrogen and oxygen atoms in total. The standard InChI is InChI=1S/C15H22N4O4/c1-23-12-4-5-13(17-11-12)18-7-9-19(10-8-18)15(22)16-6-2-3-14(20)21/h4-5,11H,2-3,6-10H2,1H3,(H,16,22)(H,20,21). The predicted molar refractivity (Wildman–Crippen MR) is 84.8 cm³/mol. The van der Waals surface area contributed by atoms with Crippen LogP contribution >= 0.6 is 0 Å². The van der Waals surface area contributed by atoms with E-state index in [0.29, 0.717) is 44.9 Å². The minimum absolute atomic E-state index is 0.0667. The van der Waals surface area contributed by atoms with Crippen LogP contribution in [0.3, 0.4) is 0 Å². The Morgan fingerprint density at radius 2 is 2.04 bits per heavy atom. The number of carboxylic acids is 1. The number of ether oxygens (including phenoxy) is 1. The Kier molecular flexibility index (Phi) is 6.02. The Balaban J connectivity index is 1.74. The number of nitrogens with zero attached hydrogens (tertiary/aromatic N) is 3. The first-order valence-corrected chi connectivity index (χ1v) is 7.59. The summed E-state index contributed by atoms with van der Waals surface area (Å²) in [5.74, 6) is 0.736. The molecule has 2 N–H and O–H groups in total. The number of piperazine rings is 1. The van der Waals surface area contributed by atoms with Crippen molar-refractivity contribution in [3.05, 3.63) is 18.3 Å². The number of hydrogen-bond acceptors (Lipinski definition) is 5. The maximum atomic E-state index is 12.0. The second-order valence-corrected chi connectivity index (χ2v) is 5.26. The molecule has 2 heterocycles. The number of methoxy groups -OCH3 is 1. The van der Waals surface area contributed by atoms with Gasteiger partial charge in [0, 0.05) is 39.1 Å². The molecule has 2 rings (SSSR count). The average Bonchev–Trinajstić information content (AvgIpc) is 2.58. The molecule has 0 spiro atoms. The topological polar surface area (TPSA) is 95.0 Å². The third-order valence-corrected chi connectivity index (χ3v) is 3.69. The van der Waals surface area contributed by atoms with Crippen LogP contribution < -0.4 is 15.0 Å². The van der Waals surface area contributed by atoms with E-state index < -0.39 is 5.97 Å². The molecule has 23 heavy (non-hydrogen) atoms. The van der Waals surface area contributed by atoms with Gasteiger partial charge >= 0.3 is 12.0 Å². The van der Waals surface area contributed by atoms with Crippen LogP contribution in [0, 0.1) is 0 Å². The van der Waals surface area contributed by atoms with E-state index in [0.717, 1.165) is 5.82 Å². The molecule has 8 heteroatoms. The van der Waals surface area contributed by atoms with Gasteiger partial charge in [0.1, 0.15) is 11.6 Å². The van der Waals surface area contributed by atoms with Gasteiger partial charge in [-0.25, -0.2) is 9.78 Å². The van der Waals surface area contributed by atoms with Gasteiger partial charge in [0.05, 0.1) is 13.3 Å². The summed E-state index contributed by atoms with van der Waals surface area (Å²) < 4.78 is 5.09. The first kappa shape index (κ1) is 16.9. The molecule has 1 aromatic rings. The normalized spacial score (nSPS) is 14.5. The van der Waals surface area contributed by atoms with Gasteiger partial charge in [-0.3, -0.25) is 4.79 Å². The van der Waals surface area contributed by atoms with Crippen molar-refractivity contribution in [2.75, 3.05) is 44.7 Å². The molecule has 126 valence electrons. The third-order valence-electron chi connectivity index (χ3n) is 3.69. The molecule has 0 aliphatic carbocycles. The van der Waals surface area contributed by atoms with Crippen LogP contribution in [-0.4, -0.2) is 66.8 Å². The van der Waals surface area contributed by atoms with Crippen molar-refractivity contribution in [1.82, 2.24) is 15.2 Å². The van der Waals surface area contributed by atoms with Crippen molar-refractivity contribution >= 4 is 17.8 Å². The fourth-order valence-electron chi connectivity index (χ4n) is 2.37. The number of rotatable bonds is 6. The van der Waals surface area contributed by atoms with Gasteiger partial charge < -0.3 is 25.0 Å². The molecule has 1 aromatic heterocycles. The molecule has 2 amide bonds. The van der Waals surface area contributed by atoms with Crippen molar-refractivity contribution in [1.29, 1.82) is 0 Å². The molecule has 1 aliphatic heterocycles. The summed E-state index contributed by atoms with van der Waals surface area (Å²) in [6.45, 7) is 3.02. The van der Waals surface area contributed by atoms with Gasteiger partial charge in [0.25, 0.3) is 0 Å². The summed E-state index contributed by atoms with van der Waals surface area (Å²) in [7, 11) is 1.60. The summed E-state index contributed by atoms with van der Waals surface area (Å²) >= 11 is 0. The Bertz CT molecular complexity index is 527. The molecule has 0 radical (unpaired) electrons. The summed E-state index contributed by atoms with van der Waals surface area (Å²) in [6.07, 6.45) is 2.19. The summed E-state index contributed by atoms with van der Waals surface area (Å²) in [4.78, 5) is 30.6. The van der Waals surface area contributed by atoms with Crippen LogP contribution in [-0.2, 0) is 4.79 Å². The molecule has 0 bridgehead atoms. The first-order valence-electron chi connectivity index (χ1n) is 7.59. The zero-order chi connectivity index (χ0) is 16.7. The van der Waals surface area contributed by atoms with Crippen molar-refractivity contribution in [3.63, 3.8) is 0 Å². The van der Waals surface area contributed by atoms with Gasteiger partial charge in [-0.15, -0.1) is 0 Å². The second-order valence-electron chi connectivity index (χ2n) is 5.26. The molecule has 0 atom stereocenters. The van der Waals surface area contributed by atoms with E-state index in [9.17, 15) is 9.59 Å². The van der Waals surface area contributed by atoms with E-state index in [1.807, 2.05) is 12.1 Å². The lowest BCUT2D eigenvalue weighted by atomic mass is 10.3. The van der Waals surface area contributed by atoms with Crippen LogP contribution in [0.1, 0.15) is 12.8 Å². The highest BCUT2D eigenvalue weighted by Gasteiger charge is 2.21. The number of pyridine rings is 1. The Hall–Kier alpha value is -2.51. The molecular weight excluding hydrogens is 300 g/mol. The van der Waals surface area contributed by atoms with E-state index in [-0.39, 0.29) is 12.5 Å². The van der Waals surface area contributed by atoms with Gasteiger partial charge in [-0.2, -0.15) is 0 Å². The lowest BCUT2D eigenvalue weighted by molar-refractivity contribution is -0.137. The zero-order valence-electron chi connectivity index (χ0n) is 13.2. The Morgan fingerprint density at radius 3 is 2.61 bits per heavy atom. The number of carbonyl (C=O) groups is 2. The van der Waals surface area contributed by atoms with Crippen molar-refractivity contribution < 1.29 is 19.4 Å². The molecule has 1 saturated heterocycles. The predicted octanol–water partition coefficient (Wildman–Crippen LogP) is 0.787. The monoisotopic (exact) mass is 322 g/mol. The van der Waals surface area contributed by atoms with Gasteiger partial charge in [-0.1, -0.05) is 0 Å². The maximum Gasteiger partial charge on any atom is 0.317 e. The molecule has 0 aromatic carbocycles. The summed E-state index contributed by atoms with van der Waals surface area (Å²) in [5, 5.41) is 11.3. The molecular formula is C15H22N4O4. The van der Waals surface area contributed by atoms with Crippen LogP contribution in [0.5, 0.6) is 5.75 Å². The first-order chi connectivity index (χ1) is 11.1. The number of anilines is 1. The van der Waals surface area contributed by atoms with E-state index >= 15 is 0 Å². The maximum absolute atomic E-state index is 12.0. The highest BCUT2D eigenvalue weighted by molar-refractivity contribution is 5.74. The minimum Gasteiger partial charge on any atom is -0.495 e. The van der Waals surface area contributed by atoms with E-state index in [2.05, 4.69) is 15.2 Å². The fourth-order valence-corrected chi connectivity index (χ4v) is 2.37. The number of amides is 2. The van der Waals surface area contributed by atoms with E-state index in [1.54, 1.807) is 18.2 Å². The van der Waals surface area contributed by atoms with Crippen LogP contribution in [0.15, 0.2) is 18.3 Å². The molecule has 0 unspecified atom stereocenters. The van der Waals surface area contributed by atoms with Crippen LogP contribution in [0.2, 0.25) is 0 Å². The summed E-state index contributed by atoms with van der Waals surface area (Å²) in [6, 6.07) is 3.63. The Morgan fingerprint density at radius 1 is 1.30 bits per heavy atom. The number of urea groups is 1. The fraction of sp³-hybridized carbons (Fsp3) is 0.533. The lowest BCUT2D eigenvalue weighted by Gasteiger charge is -2.35. The number of carboxylic acid groups (broad SMARTS) is 1. The largest absolute Gasteiger partial charge is 0.495 e. The number of hydrogen-bond donors (Lipinski definition) is 2. The number of aliphatic carboxylic acids is 1. The minimum atomic E-state index is -0.847. The highest BCUT2D eigenvalue weighted by atomic mass is 16.5. The van der Waals surface area contributed by atoms with Gasteiger partial charge in [0.2, 0.25) is 0 Å². The van der Waals surface area contributed by atoms with E-state index in [1.165, 1.54) is 0 Å². The average molecular weight is 322 g/mol. The number of aromatic nitrogens is 1. The summed E-state index contributed by atoms with van der Waals surface area (Å²) in [5.41, 5.74) is 0. The van der Waals surface area contributed by atoms with E-state index in [4.69, 9.17) is 9.84 Å². The van der Waals surface area contributed by atoms with Gasteiger partial charge in [-0.05, 0) is 18.6 Å². The molecule has 1 fully saturated rings. The second kappa shape index (κ2) is 8.21. The third kappa shape index (κ3) is 5.01. The van der Waals surface area contributed by atoms with Crippen molar-refractivity contribution in [2.45, 2.75) is 12.8 Å². The van der Waals surface area contributed by atoms with Crippen LogP contribution in [0.4, 0.5) is 10.6 Å². The molecule has 1 aliphatic rings. The number of nitrogens with one attached hydrogen (secondary N) is 1. The van der Waals surface area contributed by atoms with Crippen LogP contribution in [0.25, 0.3) is 0 Å². The highest BCUT2D eigenvalue weighted by Crippen LogP contribution is 2.17. The van der Waals surface area contributed by atoms with Crippen molar-refractivity contribution in [2.24, 2.45) is 0 Å². The van der Waals surface area contributed by atoms with Crippen molar-refractivity contribution in [3.8, 4) is 5.75 Å². The number of carbonyl (C=O) groups excluding carboxylic acids is 1. The zero-order valence-corrected chi connectivity index (χ0v) is 13.2.